The van der Waals surface area contributed by atoms with E-state index in [-0.39, 0.29) is 13.2 Å². The number of thiocarbonyl (C=S) groups is 1. The SMILES string of the molecule is CCOC(=O)C1=C(C)NC(=S)N[C@@H]1c1ccccc1OCC(=O)NN=Cc1ccc(OCc2ccc(I)cc2)c(OC)c1. The highest BCUT2D eigenvalue weighted by Crippen LogP contribution is 2.33. The topological polar surface area (TPSA) is 120 Å². The maximum atomic E-state index is 12.7. The molecule has 10 nitrogen and oxygen atoms in total. The van der Waals surface area contributed by atoms with Crippen molar-refractivity contribution in [3.63, 3.8) is 0 Å². The molecule has 1 amide bonds. The number of nitrogens with one attached hydrogen (secondary N) is 3. The molecule has 0 fully saturated rings. The molecular formula is C31H31IN4O6S. The van der Waals surface area contributed by atoms with E-state index in [0.29, 0.717) is 51.4 Å². The molecule has 0 bridgehead atoms. The molecule has 0 unspecified atom stereocenters. The number of rotatable bonds is 12. The fourth-order valence-electron chi connectivity index (χ4n) is 4.24. The third kappa shape index (κ3) is 8.67. The van der Waals surface area contributed by atoms with Crippen LogP contribution in [-0.4, -0.2) is 43.5 Å². The minimum atomic E-state index is -0.622. The van der Waals surface area contributed by atoms with E-state index in [0.717, 1.165) is 9.13 Å². The van der Waals surface area contributed by atoms with Crippen molar-refractivity contribution in [1.82, 2.24) is 16.1 Å². The molecule has 1 aliphatic heterocycles. The molecule has 0 radical (unpaired) electrons. The second kappa shape index (κ2) is 15.3. The maximum Gasteiger partial charge on any atom is 0.338 e. The van der Waals surface area contributed by atoms with Crippen LogP contribution < -0.4 is 30.3 Å². The Kier molecular flexibility index (Phi) is 11.3. The van der Waals surface area contributed by atoms with Gasteiger partial charge >= 0.3 is 5.97 Å². The number of ether oxygens (including phenoxy) is 4. The predicted octanol–water partition coefficient (Wildman–Crippen LogP) is 4.76. The summed E-state index contributed by atoms with van der Waals surface area (Å²) in [7, 11) is 1.56. The van der Waals surface area contributed by atoms with E-state index in [4.69, 9.17) is 31.2 Å². The van der Waals surface area contributed by atoms with Gasteiger partial charge in [0.15, 0.2) is 23.2 Å². The summed E-state index contributed by atoms with van der Waals surface area (Å²) in [5, 5.41) is 10.5. The lowest BCUT2D eigenvalue weighted by Gasteiger charge is -2.30. The molecule has 0 spiro atoms. The highest BCUT2D eigenvalue weighted by atomic mass is 127. The molecule has 1 atom stereocenters. The van der Waals surface area contributed by atoms with E-state index in [1.54, 1.807) is 57.4 Å². The molecule has 1 aliphatic rings. The van der Waals surface area contributed by atoms with Gasteiger partial charge in [-0.2, -0.15) is 5.10 Å². The Labute approximate surface area is 269 Å². The zero-order valence-electron chi connectivity index (χ0n) is 23.8. The summed E-state index contributed by atoms with van der Waals surface area (Å²) in [6, 6.07) is 19.9. The number of nitrogens with zero attached hydrogens (tertiary/aromatic N) is 1. The normalized spacial score (nSPS) is 14.5. The number of hydrazone groups is 1. The van der Waals surface area contributed by atoms with E-state index in [1.165, 1.54) is 6.21 Å². The van der Waals surface area contributed by atoms with Crippen LogP contribution in [0.15, 0.2) is 83.1 Å². The van der Waals surface area contributed by atoms with Gasteiger partial charge in [0.25, 0.3) is 5.91 Å². The van der Waals surface area contributed by atoms with Gasteiger partial charge < -0.3 is 29.6 Å². The van der Waals surface area contributed by atoms with Gasteiger partial charge in [-0.25, -0.2) is 10.2 Å². The molecule has 1 heterocycles. The van der Waals surface area contributed by atoms with E-state index in [1.807, 2.05) is 30.3 Å². The van der Waals surface area contributed by atoms with Gasteiger partial charge in [0, 0.05) is 14.8 Å². The van der Waals surface area contributed by atoms with Gasteiger partial charge in [0.1, 0.15) is 12.4 Å². The summed E-state index contributed by atoms with van der Waals surface area (Å²) < 4.78 is 23.6. The summed E-state index contributed by atoms with van der Waals surface area (Å²) in [5.41, 5.74) is 5.79. The molecule has 12 heteroatoms. The number of benzene rings is 3. The van der Waals surface area contributed by atoms with E-state index >= 15 is 0 Å². The van der Waals surface area contributed by atoms with Gasteiger partial charge in [-0.1, -0.05) is 30.3 Å². The molecule has 3 aromatic carbocycles. The number of para-hydroxylation sites is 1. The van der Waals surface area contributed by atoms with Crippen molar-refractivity contribution in [3.8, 4) is 17.2 Å². The Hall–Kier alpha value is -4.17. The highest BCUT2D eigenvalue weighted by Gasteiger charge is 2.32. The zero-order chi connectivity index (χ0) is 30.8. The van der Waals surface area contributed by atoms with Crippen molar-refractivity contribution in [2.75, 3.05) is 20.3 Å². The number of hydrogen-bond donors (Lipinski definition) is 3. The molecule has 4 rings (SSSR count). The minimum Gasteiger partial charge on any atom is -0.493 e. The minimum absolute atomic E-state index is 0.226. The first kappa shape index (κ1) is 31.8. The number of amides is 1. The number of carbonyl (C=O) groups excluding carboxylic acids is 2. The molecule has 0 saturated carbocycles. The summed E-state index contributed by atoms with van der Waals surface area (Å²) in [4.78, 5) is 25.3. The number of carbonyl (C=O) groups is 2. The monoisotopic (exact) mass is 714 g/mol. The molecule has 0 aromatic heterocycles. The molecule has 3 aromatic rings. The Balaban J connectivity index is 1.36. The first-order valence-corrected chi connectivity index (χ1v) is 14.8. The Bertz CT molecular complexity index is 1540. The van der Waals surface area contributed by atoms with Crippen LogP contribution in [0.4, 0.5) is 0 Å². The maximum absolute atomic E-state index is 12.7. The molecule has 3 N–H and O–H groups in total. The van der Waals surface area contributed by atoms with E-state index < -0.39 is 17.9 Å². The molecule has 43 heavy (non-hydrogen) atoms. The summed E-state index contributed by atoms with van der Waals surface area (Å²) >= 11 is 7.58. The van der Waals surface area contributed by atoms with E-state index in [2.05, 4.69) is 43.8 Å². The van der Waals surface area contributed by atoms with Crippen LogP contribution in [0, 0.1) is 3.57 Å². The quantitative estimate of drug-likeness (QED) is 0.0803. The van der Waals surface area contributed by atoms with Crippen LogP contribution >= 0.6 is 34.8 Å². The zero-order valence-corrected chi connectivity index (χ0v) is 26.8. The lowest BCUT2D eigenvalue weighted by molar-refractivity contribution is -0.139. The number of halogens is 1. The van der Waals surface area contributed by atoms with Crippen molar-refractivity contribution in [2.45, 2.75) is 26.5 Å². The number of methoxy groups -OCH3 is 1. The first-order valence-electron chi connectivity index (χ1n) is 13.3. The van der Waals surface area contributed by atoms with E-state index in [9.17, 15) is 9.59 Å². The molecule has 0 aliphatic carbocycles. The van der Waals surface area contributed by atoms with Crippen molar-refractivity contribution >= 4 is 58.0 Å². The van der Waals surface area contributed by atoms with Crippen LogP contribution in [0.3, 0.4) is 0 Å². The lowest BCUT2D eigenvalue weighted by Crippen LogP contribution is -2.45. The Morgan fingerprint density at radius 3 is 2.56 bits per heavy atom. The van der Waals surface area contributed by atoms with Gasteiger partial charge in [-0.05, 0) is 96.2 Å². The lowest BCUT2D eigenvalue weighted by atomic mass is 9.95. The van der Waals surface area contributed by atoms with Crippen molar-refractivity contribution < 1.29 is 28.5 Å². The van der Waals surface area contributed by atoms with Gasteiger partial charge in [0.2, 0.25) is 0 Å². The Morgan fingerprint density at radius 2 is 1.81 bits per heavy atom. The molecule has 224 valence electrons. The largest absolute Gasteiger partial charge is 0.493 e. The van der Waals surface area contributed by atoms with Crippen LogP contribution in [0.1, 0.15) is 36.6 Å². The van der Waals surface area contributed by atoms with Crippen LogP contribution in [0.25, 0.3) is 0 Å². The van der Waals surface area contributed by atoms with Crippen molar-refractivity contribution in [3.05, 3.63) is 98.3 Å². The van der Waals surface area contributed by atoms with Crippen molar-refractivity contribution in [2.24, 2.45) is 5.10 Å². The second-order valence-electron chi connectivity index (χ2n) is 9.24. The standard InChI is InChI=1S/C31H31IN4O6S/c1-4-40-30(38)28-19(2)34-31(43)35-29(28)23-7-5-6-8-24(23)42-18-27(37)36-33-16-21-11-14-25(26(15-21)39-3)41-17-20-9-12-22(32)13-10-20/h5-16,29H,4,17-18H2,1-3H3,(H,36,37)(H2,34,35,43)/t29-/m1/s1. The summed E-state index contributed by atoms with van der Waals surface area (Å²) in [5.74, 6) is 0.592. The fourth-order valence-corrected chi connectivity index (χ4v) is 4.87. The number of hydrogen-bond acceptors (Lipinski definition) is 8. The smallest absolute Gasteiger partial charge is 0.338 e. The molecular weight excluding hydrogens is 683 g/mol. The first-order chi connectivity index (χ1) is 20.8. The summed E-state index contributed by atoms with van der Waals surface area (Å²) in [6.45, 7) is 3.81. The number of esters is 1. The average Bonchev–Trinajstić information content (AvgIpc) is 3.00. The third-order valence-electron chi connectivity index (χ3n) is 6.25. The third-order valence-corrected chi connectivity index (χ3v) is 7.19. The Morgan fingerprint density at radius 1 is 1.05 bits per heavy atom. The van der Waals surface area contributed by atoms with Gasteiger partial charge in [-0.3, -0.25) is 4.79 Å². The van der Waals surface area contributed by atoms with Crippen LogP contribution in [0.5, 0.6) is 17.2 Å². The fraction of sp³-hybridized carbons (Fsp3) is 0.226. The average molecular weight is 715 g/mol. The molecule has 0 saturated heterocycles. The summed E-state index contributed by atoms with van der Waals surface area (Å²) in [6.07, 6.45) is 1.50. The van der Waals surface area contributed by atoms with Crippen molar-refractivity contribution in [1.29, 1.82) is 0 Å². The predicted molar refractivity (Wildman–Crippen MR) is 175 cm³/mol. The van der Waals surface area contributed by atoms with Crippen LogP contribution in [0.2, 0.25) is 0 Å². The van der Waals surface area contributed by atoms with Gasteiger partial charge in [0.05, 0.1) is 31.5 Å². The van der Waals surface area contributed by atoms with Crippen LogP contribution in [-0.2, 0) is 20.9 Å². The highest BCUT2D eigenvalue weighted by molar-refractivity contribution is 14.1. The second-order valence-corrected chi connectivity index (χ2v) is 10.9. The number of allylic oxidation sites excluding steroid dienone is 1. The van der Waals surface area contributed by atoms with Gasteiger partial charge in [-0.15, -0.1) is 0 Å².